The minimum Gasteiger partial charge on any atom is -0.422 e. The first-order valence-electron chi connectivity index (χ1n) is 9.64. The van der Waals surface area contributed by atoms with Crippen molar-refractivity contribution < 1.29 is 14.3 Å². The summed E-state index contributed by atoms with van der Waals surface area (Å²) in [5, 5.41) is 0. The van der Waals surface area contributed by atoms with Crippen molar-refractivity contribution in [1.29, 1.82) is 0 Å². The third-order valence-corrected chi connectivity index (χ3v) is 5.18. The summed E-state index contributed by atoms with van der Waals surface area (Å²) in [6.07, 6.45) is 3.14. The smallest absolute Gasteiger partial charge is 0.343 e. The minimum atomic E-state index is -0.435. The van der Waals surface area contributed by atoms with Crippen LogP contribution < -0.4 is 4.74 Å². The number of carbonyl (C=O) groups excluding carboxylic acids is 2. The van der Waals surface area contributed by atoms with Crippen molar-refractivity contribution in [2.24, 2.45) is 0 Å². The van der Waals surface area contributed by atoms with Crippen molar-refractivity contribution in [3.8, 4) is 5.75 Å². The van der Waals surface area contributed by atoms with Crippen LogP contribution in [0.15, 0.2) is 83.3 Å². The molecule has 0 aliphatic carbocycles. The van der Waals surface area contributed by atoms with Crippen LogP contribution in [0.4, 0.5) is 0 Å². The van der Waals surface area contributed by atoms with Gasteiger partial charge < -0.3 is 4.74 Å². The molecule has 0 radical (unpaired) electrons. The second-order valence-electron chi connectivity index (χ2n) is 7.96. The summed E-state index contributed by atoms with van der Waals surface area (Å²) in [5.41, 5.74) is 2.88. The molecule has 0 atom stereocenters. The van der Waals surface area contributed by atoms with E-state index in [2.05, 4.69) is 36.7 Å². The molecule has 0 saturated carbocycles. The molecule has 0 aromatic heterocycles. The summed E-state index contributed by atoms with van der Waals surface area (Å²) in [6, 6.07) is 21.7. The van der Waals surface area contributed by atoms with E-state index in [0.717, 1.165) is 10.0 Å². The van der Waals surface area contributed by atoms with Crippen LogP contribution in [0.5, 0.6) is 5.75 Å². The topological polar surface area (TPSA) is 43.4 Å². The van der Waals surface area contributed by atoms with Gasteiger partial charge in [-0.3, -0.25) is 4.79 Å². The van der Waals surface area contributed by atoms with Crippen molar-refractivity contribution in [3.63, 3.8) is 0 Å². The number of rotatable bonds is 5. The van der Waals surface area contributed by atoms with Gasteiger partial charge in [-0.25, -0.2) is 4.79 Å². The third-order valence-electron chi connectivity index (χ3n) is 4.65. The van der Waals surface area contributed by atoms with Gasteiger partial charge in [0.2, 0.25) is 0 Å². The zero-order valence-corrected chi connectivity index (χ0v) is 18.8. The summed E-state index contributed by atoms with van der Waals surface area (Å²) in [5.74, 6) is -0.154. The van der Waals surface area contributed by atoms with Gasteiger partial charge in [0.05, 0.1) is 5.56 Å². The van der Waals surface area contributed by atoms with Crippen molar-refractivity contribution in [1.82, 2.24) is 0 Å². The van der Waals surface area contributed by atoms with E-state index in [1.165, 1.54) is 6.08 Å². The molecule has 0 unspecified atom stereocenters. The molecule has 3 nitrogen and oxygen atoms in total. The lowest BCUT2D eigenvalue weighted by molar-refractivity contribution is 0.0734. The SMILES string of the molecule is CC(C)(C)c1ccc(C(=O)Oc2ccccc2/C=C/C(=O)c2ccc(Br)cc2)cc1. The molecule has 4 heteroatoms. The molecule has 0 bridgehead atoms. The molecule has 0 aliphatic heterocycles. The maximum Gasteiger partial charge on any atom is 0.343 e. The highest BCUT2D eigenvalue weighted by atomic mass is 79.9. The molecule has 30 heavy (non-hydrogen) atoms. The van der Waals surface area contributed by atoms with Crippen LogP contribution in [-0.4, -0.2) is 11.8 Å². The van der Waals surface area contributed by atoms with Gasteiger partial charge in [-0.1, -0.05) is 67.0 Å². The Morgan fingerprint density at radius 2 is 1.43 bits per heavy atom. The fourth-order valence-corrected chi connectivity index (χ4v) is 3.12. The van der Waals surface area contributed by atoms with Crippen LogP contribution >= 0.6 is 15.9 Å². The molecular formula is C26H23BrO3. The maximum atomic E-state index is 12.6. The lowest BCUT2D eigenvalue weighted by Crippen LogP contribution is -2.13. The number of benzene rings is 3. The maximum absolute atomic E-state index is 12.6. The Hall–Kier alpha value is -2.98. The van der Waals surface area contributed by atoms with Crippen LogP contribution in [-0.2, 0) is 5.41 Å². The monoisotopic (exact) mass is 462 g/mol. The van der Waals surface area contributed by atoms with Crippen molar-refractivity contribution >= 4 is 33.8 Å². The van der Waals surface area contributed by atoms with E-state index in [0.29, 0.717) is 22.4 Å². The van der Waals surface area contributed by atoms with Gasteiger partial charge >= 0.3 is 5.97 Å². The summed E-state index contributed by atoms with van der Waals surface area (Å²) >= 11 is 3.36. The summed E-state index contributed by atoms with van der Waals surface area (Å²) in [4.78, 5) is 25.0. The number of para-hydroxylation sites is 1. The lowest BCUT2D eigenvalue weighted by Gasteiger charge is -2.19. The van der Waals surface area contributed by atoms with E-state index < -0.39 is 5.97 Å². The number of allylic oxidation sites excluding steroid dienone is 1. The van der Waals surface area contributed by atoms with Gasteiger partial charge in [0.1, 0.15) is 5.75 Å². The number of ether oxygens (including phenoxy) is 1. The van der Waals surface area contributed by atoms with Crippen molar-refractivity contribution in [2.75, 3.05) is 0 Å². The quantitative estimate of drug-likeness (QED) is 0.180. The summed E-state index contributed by atoms with van der Waals surface area (Å²) in [6.45, 7) is 6.37. The molecule has 3 rings (SSSR count). The largest absolute Gasteiger partial charge is 0.422 e. The van der Waals surface area contributed by atoms with E-state index in [4.69, 9.17) is 4.74 Å². The number of esters is 1. The second-order valence-corrected chi connectivity index (χ2v) is 8.87. The zero-order valence-electron chi connectivity index (χ0n) is 17.2. The Balaban J connectivity index is 1.75. The molecule has 0 N–H and O–H groups in total. The number of hydrogen-bond donors (Lipinski definition) is 0. The Labute approximate surface area is 185 Å². The molecule has 3 aromatic carbocycles. The third kappa shape index (κ3) is 5.55. The molecule has 0 heterocycles. The molecule has 152 valence electrons. The summed E-state index contributed by atoms with van der Waals surface area (Å²) < 4.78 is 6.52. The Morgan fingerprint density at radius 1 is 0.833 bits per heavy atom. The Kier molecular flexibility index (Phi) is 6.68. The average molecular weight is 463 g/mol. The molecular weight excluding hydrogens is 440 g/mol. The first-order valence-corrected chi connectivity index (χ1v) is 10.4. The highest BCUT2D eigenvalue weighted by molar-refractivity contribution is 9.10. The van der Waals surface area contributed by atoms with Crippen LogP contribution in [0, 0.1) is 0 Å². The van der Waals surface area contributed by atoms with Gasteiger partial charge in [0.15, 0.2) is 5.78 Å². The fraction of sp³-hybridized carbons (Fsp3) is 0.154. The number of hydrogen-bond acceptors (Lipinski definition) is 3. The Morgan fingerprint density at radius 3 is 2.07 bits per heavy atom. The predicted molar refractivity (Wildman–Crippen MR) is 124 cm³/mol. The van der Waals surface area contributed by atoms with E-state index >= 15 is 0 Å². The average Bonchev–Trinajstić information content (AvgIpc) is 2.73. The standard InChI is InChI=1S/C26H23BrO3/c1-26(2,3)21-13-8-20(9-14-21)25(29)30-24-7-5-4-6-19(24)12-17-23(28)18-10-15-22(27)16-11-18/h4-17H,1-3H3/b17-12+. The highest BCUT2D eigenvalue weighted by Crippen LogP contribution is 2.24. The molecule has 0 fully saturated rings. The van der Waals surface area contributed by atoms with Crippen LogP contribution in [0.25, 0.3) is 6.08 Å². The molecule has 3 aromatic rings. The highest BCUT2D eigenvalue weighted by Gasteiger charge is 2.15. The number of ketones is 1. The number of halogens is 1. The Bertz CT molecular complexity index is 1070. The summed E-state index contributed by atoms with van der Waals surface area (Å²) in [7, 11) is 0. The molecule has 0 aliphatic rings. The van der Waals surface area contributed by atoms with Crippen molar-refractivity contribution in [3.05, 3.63) is 106 Å². The van der Waals surface area contributed by atoms with Gasteiger partial charge in [-0.15, -0.1) is 0 Å². The van der Waals surface area contributed by atoms with Gasteiger partial charge in [-0.05, 0) is 65.6 Å². The van der Waals surface area contributed by atoms with Crippen molar-refractivity contribution in [2.45, 2.75) is 26.2 Å². The fourth-order valence-electron chi connectivity index (χ4n) is 2.85. The number of carbonyl (C=O) groups is 2. The molecule has 0 saturated heterocycles. The van der Waals surface area contributed by atoms with Gasteiger partial charge in [0.25, 0.3) is 0 Å². The normalized spacial score (nSPS) is 11.5. The lowest BCUT2D eigenvalue weighted by atomic mass is 9.87. The molecule has 0 amide bonds. The first-order chi connectivity index (χ1) is 14.2. The minimum absolute atomic E-state index is 0.0151. The van der Waals surface area contributed by atoms with Gasteiger partial charge in [0, 0.05) is 15.6 Å². The van der Waals surface area contributed by atoms with Crippen LogP contribution in [0.1, 0.15) is 52.6 Å². The van der Waals surface area contributed by atoms with Crippen LogP contribution in [0.3, 0.4) is 0 Å². The molecule has 0 spiro atoms. The first kappa shape index (κ1) is 21.7. The van der Waals surface area contributed by atoms with E-state index in [1.54, 1.807) is 48.5 Å². The predicted octanol–water partition coefficient (Wildman–Crippen LogP) is 6.86. The van der Waals surface area contributed by atoms with E-state index in [1.807, 2.05) is 30.3 Å². The van der Waals surface area contributed by atoms with Gasteiger partial charge in [-0.2, -0.15) is 0 Å². The second kappa shape index (κ2) is 9.23. The van der Waals surface area contributed by atoms with E-state index in [9.17, 15) is 9.59 Å². The van der Waals surface area contributed by atoms with E-state index in [-0.39, 0.29) is 11.2 Å². The van der Waals surface area contributed by atoms with Crippen LogP contribution in [0.2, 0.25) is 0 Å². The zero-order chi connectivity index (χ0) is 21.7.